The molecule has 0 bridgehead atoms. The van der Waals surface area contributed by atoms with Crippen molar-refractivity contribution in [3.63, 3.8) is 0 Å². The number of nitrogens with zero attached hydrogens (tertiary/aromatic N) is 5. The third-order valence-electron chi connectivity index (χ3n) is 4.50. The number of halogens is 1. The topological polar surface area (TPSA) is 75.9 Å². The van der Waals surface area contributed by atoms with E-state index in [1.54, 1.807) is 17.1 Å². The summed E-state index contributed by atoms with van der Waals surface area (Å²) in [6, 6.07) is 9.55. The van der Waals surface area contributed by atoms with Crippen LogP contribution >= 0.6 is 11.6 Å². The number of rotatable bonds is 4. The largest absolute Gasteiger partial charge is 0.352 e. The Hall–Kier alpha value is -2.93. The Labute approximate surface area is 162 Å². The summed E-state index contributed by atoms with van der Waals surface area (Å²) in [5.74, 6) is 0.648. The molecule has 0 saturated carbocycles. The number of carbonyl (C=O) groups is 1. The van der Waals surface area contributed by atoms with Crippen LogP contribution in [0.25, 0.3) is 16.9 Å². The highest BCUT2D eigenvalue weighted by Crippen LogP contribution is 2.24. The first-order valence-electron chi connectivity index (χ1n) is 8.75. The molecular formula is C19H19ClN6O. The van der Waals surface area contributed by atoms with Crippen molar-refractivity contribution >= 4 is 23.5 Å². The Morgan fingerprint density at radius 3 is 2.96 bits per heavy atom. The van der Waals surface area contributed by atoms with Gasteiger partial charge in [0.1, 0.15) is 0 Å². The summed E-state index contributed by atoms with van der Waals surface area (Å²) < 4.78 is 1.74. The Morgan fingerprint density at radius 2 is 2.15 bits per heavy atom. The van der Waals surface area contributed by atoms with E-state index in [0.29, 0.717) is 17.5 Å². The van der Waals surface area contributed by atoms with Gasteiger partial charge in [-0.2, -0.15) is 5.10 Å². The number of aromatic nitrogens is 4. The maximum atomic E-state index is 11.2. The van der Waals surface area contributed by atoms with E-state index in [9.17, 15) is 4.79 Å². The smallest absolute Gasteiger partial charge is 0.225 e. The quantitative estimate of drug-likeness (QED) is 0.750. The van der Waals surface area contributed by atoms with Crippen LogP contribution in [0.4, 0.5) is 5.95 Å². The molecular weight excluding hydrogens is 364 g/mol. The molecule has 3 heterocycles. The second-order valence-corrected chi connectivity index (χ2v) is 6.91. The van der Waals surface area contributed by atoms with Crippen LogP contribution in [0, 0.1) is 0 Å². The zero-order valence-corrected chi connectivity index (χ0v) is 15.6. The van der Waals surface area contributed by atoms with Gasteiger partial charge < -0.3 is 10.2 Å². The first-order chi connectivity index (χ1) is 13.1. The fourth-order valence-corrected chi connectivity index (χ4v) is 3.46. The van der Waals surface area contributed by atoms with Crippen LogP contribution in [-0.2, 0) is 4.79 Å². The molecule has 3 aromatic rings. The van der Waals surface area contributed by atoms with Crippen molar-refractivity contribution in [1.82, 2.24) is 25.1 Å². The zero-order valence-electron chi connectivity index (χ0n) is 14.8. The number of nitrogens with one attached hydrogen (secondary N) is 1. The Morgan fingerprint density at radius 1 is 1.30 bits per heavy atom. The van der Waals surface area contributed by atoms with Crippen molar-refractivity contribution in [2.24, 2.45) is 0 Å². The van der Waals surface area contributed by atoms with Crippen molar-refractivity contribution in [3.8, 4) is 16.9 Å². The highest BCUT2D eigenvalue weighted by atomic mass is 35.5. The van der Waals surface area contributed by atoms with Crippen molar-refractivity contribution < 1.29 is 4.79 Å². The van der Waals surface area contributed by atoms with Crippen molar-refractivity contribution in [1.29, 1.82) is 0 Å². The van der Waals surface area contributed by atoms with Gasteiger partial charge in [-0.3, -0.25) is 4.79 Å². The first-order valence-corrected chi connectivity index (χ1v) is 9.13. The average molecular weight is 383 g/mol. The number of para-hydroxylation sites is 1. The first kappa shape index (κ1) is 17.5. The molecule has 1 aromatic carbocycles. The standard InChI is InChI=1S/C19H19ClN6O/c1-13(27)23-15-7-9-25(12-15)19-21-8-6-17(24-19)14-10-22-26(11-14)18-5-3-2-4-16(18)20/h2-6,8,10-11,15H,7,9,12H2,1H3,(H,23,27). The molecule has 0 aliphatic carbocycles. The predicted molar refractivity (Wildman–Crippen MR) is 104 cm³/mol. The lowest BCUT2D eigenvalue weighted by atomic mass is 10.2. The van der Waals surface area contributed by atoms with Crippen molar-refractivity contribution in [2.45, 2.75) is 19.4 Å². The van der Waals surface area contributed by atoms with Gasteiger partial charge in [-0.05, 0) is 24.6 Å². The number of carbonyl (C=O) groups excluding carboxylic acids is 1. The molecule has 1 amide bonds. The Balaban J connectivity index is 1.55. The molecule has 2 aromatic heterocycles. The minimum absolute atomic E-state index is 0.0106. The molecule has 8 heteroatoms. The van der Waals surface area contributed by atoms with Crippen LogP contribution in [0.3, 0.4) is 0 Å². The molecule has 1 fully saturated rings. The van der Waals surface area contributed by atoms with Gasteiger partial charge in [0.15, 0.2) is 0 Å². The third-order valence-corrected chi connectivity index (χ3v) is 4.82. The molecule has 4 rings (SSSR count). The molecule has 1 saturated heterocycles. The lowest BCUT2D eigenvalue weighted by molar-refractivity contribution is -0.119. The third kappa shape index (κ3) is 3.78. The Bertz CT molecular complexity index is 972. The van der Waals surface area contributed by atoms with Gasteiger partial charge in [-0.1, -0.05) is 23.7 Å². The number of benzene rings is 1. The fourth-order valence-electron chi connectivity index (χ4n) is 3.23. The lowest BCUT2D eigenvalue weighted by Crippen LogP contribution is -2.35. The molecule has 1 aliphatic heterocycles. The van der Waals surface area contributed by atoms with Gasteiger partial charge in [0.25, 0.3) is 0 Å². The molecule has 138 valence electrons. The highest BCUT2D eigenvalue weighted by molar-refractivity contribution is 6.32. The summed E-state index contributed by atoms with van der Waals surface area (Å²) >= 11 is 6.25. The molecule has 7 nitrogen and oxygen atoms in total. The van der Waals surface area contributed by atoms with Crippen LogP contribution < -0.4 is 10.2 Å². The molecule has 1 aliphatic rings. The lowest BCUT2D eigenvalue weighted by Gasteiger charge is -2.16. The average Bonchev–Trinajstić information content (AvgIpc) is 3.32. The van der Waals surface area contributed by atoms with Gasteiger partial charge in [0.05, 0.1) is 22.6 Å². The van der Waals surface area contributed by atoms with Gasteiger partial charge >= 0.3 is 0 Å². The van der Waals surface area contributed by atoms with Crippen LogP contribution in [-0.4, -0.2) is 44.8 Å². The Kier molecular flexibility index (Phi) is 4.77. The van der Waals surface area contributed by atoms with Crippen LogP contribution in [0.15, 0.2) is 48.9 Å². The van der Waals surface area contributed by atoms with Gasteiger partial charge in [0.2, 0.25) is 11.9 Å². The van der Waals surface area contributed by atoms with E-state index in [0.717, 1.165) is 29.9 Å². The fraction of sp³-hybridized carbons (Fsp3) is 0.263. The van der Waals surface area contributed by atoms with Crippen LogP contribution in [0.5, 0.6) is 0 Å². The minimum atomic E-state index is -0.0106. The SMILES string of the molecule is CC(=O)NC1CCN(c2nccc(-c3cnn(-c4ccccc4Cl)c3)n2)C1. The van der Waals surface area contributed by atoms with Crippen LogP contribution in [0.1, 0.15) is 13.3 Å². The second-order valence-electron chi connectivity index (χ2n) is 6.50. The van der Waals surface area contributed by atoms with E-state index in [-0.39, 0.29) is 11.9 Å². The maximum Gasteiger partial charge on any atom is 0.225 e. The molecule has 27 heavy (non-hydrogen) atoms. The second kappa shape index (κ2) is 7.36. The molecule has 0 spiro atoms. The molecule has 1 atom stereocenters. The van der Waals surface area contributed by atoms with Gasteiger partial charge in [-0.25, -0.2) is 14.6 Å². The molecule has 1 N–H and O–H groups in total. The van der Waals surface area contributed by atoms with E-state index < -0.39 is 0 Å². The van der Waals surface area contributed by atoms with E-state index in [1.165, 1.54) is 6.92 Å². The predicted octanol–water partition coefficient (Wildman–Crippen LogP) is 2.70. The van der Waals surface area contributed by atoms with E-state index >= 15 is 0 Å². The summed E-state index contributed by atoms with van der Waals surface area (Å²) in [6.07, 6.45) is 6.30. The number of amides is 1. The minimum Gasteiger partial charge on any atom is -0.352 e. The van der Waals surface area contributed by atoms with Crippen molar-refractivity contribution in [3.05, 3.63) is 53.9 Å². The number of hydrogen-bond donors (Lipinski definition) is 1. The summed E-state index contributed by atoms with van der Waals surface area (Å²) in [5, 5.41) is 7.99. The summed E-state index contributed by atoms with van der Waals surface area (Å²) in [5.41, 5.74) is 2.50. The van der Waals surface area contributed by atoms with E-state index in [1.807, 2.05) is 36.5 Å². The molecule has 1 unspecified atom stereocenters. The maximum absolute atomic E-state index is 11.2. The normalized spacial score (nSPS) is 16.5. The van der Waals surface area contributed by atoms with Gasteiger partial charge in [0, 0.05) is 44.0 Å². The number of anilines is 1. The van der Waals surface area contributed by atoms with Gasteiger partial charge in [-0.15, -0.1) is 0 Å². The zero-order chi connectivity index (χ0) is 18.8. The monoisotopic (exact) mass is 382 g/mol. The number of hydrogen-bond acceptors (Lipinski definition) is 5. The van der Waals surface area contributed by atoms with E-state index in [2.05, 4.69) is 25.3 Å². The molecule has 0 radical (unpaired) electrons. The van der Waals surface area contributed by atoms with E-state index in [4.69, 9.17) is 11.6 Å². The summed E-state index contributed by atoms with van der Waals surface area (Å²) in [7, 11) is 0. The highest BCUT2D eigenvalue weighted by Gasteiger charge is 2.25. The summed E-state index contributed by atoms with van der Waals surface area (Å²) in [4.78, 5) is 22.4. The summed E-state index contributed by atoms with van der Waals surface area (Å²) in [6.45, 7) is 3.06. The van der Waals surface area contributed by atoms with Crippen molar-refractivity contribution in [2.75, 3.05) is 18.0 Å². The van der Waals surface area contributed by atoms with Crippen LogP contribution in [0.2, 0.25) is 5.02 Å².